The van der Waals surface area contributed by atoms with Crippen molar-refractivity contribution in [3.05, 3.63) is 56.7 Å². The van der Waals surface area contributed by atoms with Crippen LogP contribution in [-0.4, -0.2) is 20.5 Å². The third kappa shape index (κ3) is 2.62. The highest BCUT2D eigenvalue weighted by Gasteiger charge is 2.20. The Morgan fingerprint density at radius 1 is 1.39 bits per heavy atom. The fourth-order valence-electron chi connectivity index (χ4n) is 1.45. The van der Waals surface area contributed by atoms with Crippen molar-refractivity contribution >= 4 is 27.5 Å². The lowest BCUT2D eigenvalue weighted by Crippen LogP contribution is -2.11. The van der Waals surface area contributed by atoms with E-state index in [1.54, 1.807) is 24.3 Å². The van der Waals surface area contributed by atoms with Crippen molar-refractivity contribution in [2.24, 2.45) is 0 Å². The van der Waals surface area contributed by atoms with Crippen LogP contribution in [0.4, 0.5) is 5.82 Å². The Labute approximate surface area is 111 Å². The second-order valence-corrected chi connectivity index (χ2v) is 4.40. The third-order valence-electron chi connectivity index (χ3n) is 2.27. The number of benzene rings is 1. The highest BCUT2D eigenvalue weighted by Crippen LogP contribution is 2.22. The number of carbonyl (C=O) groups excluding carboxylic acids is 1. The maximum Gasteiger partial charge on any atom is 0.404 e. The fraction of sp³-hybridized carbons (Fsp3) is 0.0909. The number of Topliss-reactive ketones (excluding diaryl/α,β-unsaturated/α-hetero) is 1. The molecule has 0 spiro atoms. The summed E-state index contributed by atoms with van der Waals surface area (Å²) in [6, 6.07) is 8.71. The summed E-state index contributed by atoms with van der Waals surface area (Å²) in [6.07, 6.45) is 1.42. The van der Waals surface area contributed by atoms with Gasteiger partial charge in [-0.05, 0) is 20.9 Å². The molecule has 0 N–H and O–H groups in total. The van der Waals surface area contributed by atoms with Crippen molar-refractivity contribution in [3.8, 4) is 0 Å². The molecule has 2 aromatic rings. The van der Waals surface area contributed by atoms with E-state index >= 15 is 0 Å². The van der Waals surface area contributed by atoms with E-state index in [0.29, 0.717) is 5.56 Å². The molecule has 0 atom stereocenters. The first-order chi connectivity index (χ1) is 8.58. The smallest absolute Gasteiger partial charge is 0.358 e. The molecule has 0 bridgehead atoms. The lowest BCUT2D eigenvalue weighted by Gasteiger charge is -1.97. The highest BCUT2D eigenvalue weighted by atomic mass is 79.9. The monoisotopic (exact) mass is 309 g/mol. The zero-order chi connectivity index (χ0) is 13.1. The first-order valence-electron chi connectivity index (χ1n) is 5.03. The van der Waals surface area contributed by atoms with Gasteiger partial charge >= 0.3 is 5.82 Å². The number of aromatic nitrogens is 2. The van der Waals surface area contributed by atoms with Crippen LogP contribution in [-0.2, 0) is 6.54 Å². The van der Waals surface area contributed by atoms with E-state index < -0.39 is 4.92 Å². The molecule has 0 unspecified atom stereocenters. The predicted molar refractivity (Wildman–Crippen MR) is 67.4 cm³/mol. The molecule has 7 heteroatoms. The van der Waals surface area contributed by atoms with Crippen LogP contribution in [0.3, 0.4) is 0 Å². The van der Waals surface area contributed by atoms with Crippen molar-refractivity contribution in [2.75, 3.05) is 0 Å². The number of ketones is 1. The number of carbonyl (C=O) groups is 1. The fourth-order valence-corrected chi connectivity index (χ4v) is 1.91. The molecule has 0 fully saturated rings. The van der Waals surface area contributed by atoms with E-state index in [4.69, 9.17) is 0 Å². The maximum absolute atomic E-state index is 11.9. The van der Waals surface area contributed by atoms with E-state index in [0.717, 1.165) is 0 Å². The Morgan fingerprint density at radius 2 is 2.06 bits per heavy atom. The van der Waals surface area contributed by atoms with Gasteiger partial charge in [0.2, 0.25) is 0 Å². The Bertz CT molecular complexity index is 595. The summed E-state index contributed by atoms with van der Waals surface area (Å²) in [5, 5.41) is 14.3. The van der Waals surface area contributed by atoms with Crippen molar-refractivity contribution in [1.82, 2.24) is 9.78 Å². The van der Waals surface area contributed by atoms with Crippen LogP contribution in [0.2, 0.25) is 0 Å². The van der Waals surface area contributed by atoms with E-state index in [9.17, 15) is 14.9 Å². The first-order valence-corrected chi connectivity index (χ1v) is 5.83. The van der Waals surface area contributed by atoms with Gasteiger partial charge in [-0.2, -0.15) is 4.68 Å². The van der Waals surface area contributed by atoms with Gasteiger partial charge in [0.15, 0.2) is 5.78 Å². The molecule has 0 radical (unpaired) electrons. The molecule has 1 aromatic carbocycles. The molecular weight excluding hydrogens is 302 g/mol. The number of rotatable bonds is 4. The molecule has 0 aliphatic heterocycles. The van der Waals surface area contributed by atoms with E-state index in [2.05, 4.69) is 21.0 Å². The summed E-state index contributed by atoms with van der Waals surface area (Å²) in [6.45, 7) is -0.0313. The molecule has 0 amide bonds. The normalized spacial score (nSPS) is 10.3. The van der Waals surface area contributed by atoms with Gasteiger partial charge in [0, 0.05) is 5.56 Å². The Morgan fingerprint density at radius 3 is 2.61 bits per heavy atom. The van der Waals surface area contributed by atoms with Crippen molar-refractivity contribution in [3.63, 3.8) is 0 Å². The number of nitrogens with zero attached hydrogens (tertiary/aromatic N) is 3. The second-order valence-electron chi connectivity index (χ2n) is 3.54. The SMILES string of the molecule is O=C(Cn1cc(Br)c([N+](=O)[O-])n1)c1ccccc1. The minimum atomic E-state index is -0.604. The van der Waals surface area contributed by atoms with Crippen LogP contribution in [0.1, 0.15) is 10.4 Å². The summed E-state index contributed by atoms with van der Waals surface area (Å²) in [4.78, 5) is 21.9. The van der Waals surface area contributed by atoms with Crippen molar-refractivity contribution < 1.29 is 9.72 Å². The topological polar surface area (TPSA) is 78.0 Å². The molecule has 1 aromatic heterocycles. The van der Waals surface area contributed by atoms with Crippen LogP contribution < -0.4 is 0 Å². The minimum absolute atomic E-state index is 0.0313. The molecule has 0 aliphatic rings. The predicted octanol–water partition coefficient (Wildman–Crippen LogP) is 2.44. The van der Waals surface area contributed by atoms with Crippen LogP contribution in [0.5, 0.6) is 0 Å². The number of nitro groups is 1. The Hall–Kier alpha value is -2.02. The zero-order valence-corrected chi connectivity index (χ0v) is 10.7. The molecule has 92 valence electrons. The van der Waals surface area contributed by atoms with Crippen LogP contribution >= 0.6 is 15.9 Å². The third-order valence-corrected chi connectivity index (χ3v) is 2.83. The van der Waals surface area contributed by atoms with E-state index in [-0.39, 0.29) is 22.6 Å². The first kappa shape index (κ1) is 12.4. The molecular formula is C11H8BrN3O3. The largest absolute Gasteiger partial charge is 0.404 e. The van der Waals surface area contributed by atoms with Gasteiger partial charge in [0.25, 0.3) is 0 Å². The summed E-state index contributed by atoms with van der Waals surface area (Å²) >= 11 is 3.03. The summed E-state index contributed by atoms with van der Waals surface area (Å²) in [7, 11) is 0. The standard InChI is InChI=1S/C11H8BrN3O3/c12-9-6-14(13-11(9)15(17)18)7-10(16)8-4-2-1-3-5-8/h1-6H,7H2. The van der Waals surface area contributed by atoms with Gasteiger partial charge in [0.1, 0.15) is 11.0 Å². The quantitative estimate of drug-likeness (QED) is 0.493. The van der Waals surface area contributed by atoms with Crippen LogP contribution in [0.25, 0.3) is 0 Å². The molecule has 2 rings (SSSR count). The lowest BCUT2D eigenvalue weighted by atomic mass is 10.1. The highest BCUT2D eigenvalue weighted by molar-refractivity contribution is 9.10. The Kier molecular flexibility index (Phi) is 3.52. The van der Waals surface area contributed by atoms with Gasteiger partial charge in [-0.15, -0.1) is 0 Å². The minimum Gasteiger partial charge on any atom is -0.358 e. The number of hydrogen-bond donors (Lipinski definition) is 0. The Balaban J connectivity index is 2.18. The van der Waals surface area contributed by atoms with Crippen LogP contribution in [0, 0.1) is 10.1 Å². The van der Waals surface area contributed by atoms with Crippen molar-refractivity contribution in [2.45, 2.75) is 6.54 Å². The molecule has 0 saturated heterocycles. The maximum atomic E-state index is 11.9. The van der Waals surface area contributed by atoms with Gasteiger partial charge in [-0.25, -0.2) is 0 Å². The van der Waals surface area contributed by atoms with Gasteiger partial charge in [0.05, 0.1) is 11.3 Å². The number of halogens is 1. The average molecular weight is 310 g/mol. The summed E-state index contributed by atoms with van der Waals surface area (Å²) in [5.74, 6) is -0.448. The molecule has 1 heterocycles. The van der Waals surface area contributed by atoms with Gasteiger partial charge in [-0.1, -0.05) is 30.3 Å². The van der Waals surface area contributed by atoms with Crippen LogP contribution in [0.15, 0.2) is 41.0 Å². The molecule has 18 heavy (non-hydrogen) atoms. The van der Waals surface area contributed by atoms with E-state index in [1.165, 1.54) is 10.9 Å². The second kappa shape index (κ2) is 5.09. The van der Waals surface area contributed by atoms with Gasteiger partial charge < -0.3 is 10.1 Å². The number of hydrogen-bond acceptors (Lipinski definition) is 4. The summed E-state index contributed by atoms with van der Waals surface area (Å²) < 4.78 is 1.51. The summed E-state index contributed by atoms with van der Waals surface area (Å²) in [5.41, 5.74) is 0.548. The molecule has 0 saturated carbocycles. The lowest BCUT2D eigenvalue weighted by molar-refractivity contribution is -0.390. The molecule has 6 nitrogen and oxygen atoms in total. The van der Waals surface area contributed by atoms with Crippen molar-refractivity contribution in [1.29, 1.82) is 0 Å². The van der Waals surface area contributed by atoms with E-state index in [1.807, 2.05) is 6.07 Å². The molecule has 0 aliphatic carbocycles. The zero-order valence-electron chi connectivity index (χ0n) is 9.12. The van der Waals surface area contributed by atoms with Gasteiger partial charge in [-0.3, -0.25) is 4.79 Å². The average Bonchev–Trinajstić information content (AvgIpc) is 2.71.